The first kappa shape index (κ1) is 14.2. The van der Waals surface area contributed by atoms with Crippen LogP contribution < -0.4 is 4.74 Å². The van der Waals surface area contributed by atoms with Crippen LogP contribution in [0, 0.1) is 23.4 Å². The van der Waals surface area contributed by atoms with E-state index in [1.54, 1.807) is 6.92 Å². The minimum Gasteiger partial charge on any atom is -0.484 e. The Morgan fingerprint density at radius 3 is 2.21 bits per heavy atom. The first-order valence-corrected chi connectivity index (χ1v) is 6.47. The maximum atomic E-state index is 13.5. The Labute approximate surface area is 111 Å². The largest absolute Gasteiger partial charge is 0.484 e. The Morgan fingerprint density at radius 2 is 1.68 bits per heavy atom. The van der Waals surface area contributed by atoms with Gasteiger partial charge in [-0.2, -0.15) is 0 Å². The molecule has 1 aliphatic heterocycles. The van der Waals surface area contributed by atoms with Crippen LogP contribution in [0.4, 0.5) is 13.2 Å². The van der Waals surface area contributed by atoms with E-state index in [1.807, 2.05) is 7.05 Å². The second-order valence-corrected chi connectivity index (χ2v) is 5.16. The van der Waals surface area contributed by atoms with Crippen LogP contribution in [0.25, 0.3) is 0 Å². The summed E-state index contributed by atoms with van der Waals surface area (Å²) >= 11 is 0. The van der Waals surface area contributed by atoms with Crippen molar-refractivity contribution in [1.82, 2.24) is 4.90 Å². The molecule has 1 saturated heterocycles. The Bertz CT molecular complexity index is 421. The van der Waals surface area contributed by atoms with Crippen molar-refractivity contribution < 1.29 is 17.9 Å². The zero-order valence-corrected chi connectivity index (χ0v) is 11.1. The quantitative estimate of drug-likeness (QED) is 0.838. The van der Waals surface area contributed by atoms with E-state index in [4.69, 9.17) is 4.74 Å². The molecule has 0 bridgehead atoms. The minimum atomic E-state index is -0.989. The Hall–Kier alpha value is -1.23. The molecule has 2 nitrogen and oxygen atoms in total. The third-order valence-electron chi connectivity index (χ3n) is 3.69. The average Bonchev–Trinajstić information content (AvgIpc) is 2.34. The van der Waals surface area contributed by atoms with Gasteiger partial charge >= 0.3 is 0 Å². The van der Waals surface area contributed by atoms with E-state index in [2.05, 4.69) is 4.90 Å². The molecule has 1 atom stereocenters. The van der Waals surface area contributed by atoms with Crippen molar-refractivity contribution >= 4 is 0 Å². The maximum absolute atomic E-state index is 13.5. The van der Waals surface area contributed by atoms with Gasteiger partial charge in [-0.3, -0.25) is 0 Å². The van der Waals surface area contributed by atoms with Crippen LogP contribution in [0.3, 0.4) is 0 Å². The Kier molecular flexibility index (Phi) is 4.34. The number of nitrogens with zero attached hydrogens (tertiary/aromatic N) is 1. The highest BCUT2D eigenvalue weighted by Gasteiger charge is 2.25. The topological polar surface area (TPSA) is 12.5 Å². The first-order chi connectivity index (χ1) is 8.97. The number of piperidine rings is 1. The molecule has 1 aromatic rings. The third-order valence-corrected chi connectivity index (χ3v) is 3.69. The van der Waals surface area contributed by atoms with Gasteiger partial charge in [-0.15, -0.1) is 0 Å². The number of benzene rings is 1. The van der Waals surface area contributed by atoms with E-state index < -0.39 is 23.2 Å². The van der Waals surface area contributed by atoms with Crippen LogP contribution >= 0.6 is 0 Å². The minimum absolute atomic E-state index is 0.264. The fourth-order valence-corrected chi connectivity index (χ4v) is 2.42. The fourth-order valence-electron chi connectivity index (χ4n) is 2.42. The molecule has 106 valence electrons. The molecule has 1 aromatic carbocycles. The van der Waals surface area contributed by atoms with E-state index in [0.29, 0.717) is 12.1 Å². The fraction of sp³-hybridized carbons (Fsp3) is 0.571. The van der Waals surface area contributed by atoms with Gasteiger partial charge in [-0.05, 0) is 45.8 Å². The number of hydrogen-bond donors (Lipinski definition) is 0. The van der Waals surface area contributed by atoms with Gasteiger partial charge in [0, 0.05) is 12.1 Å². The zero-order valence-electron chi connectivity index (χ0n) is 11.1. The van der Waals surface area contributed by atoms with E-state index in [-0.39, 0.29) is 12.0 Å². The zero-order chi connectivity index (χ0) is 14.0. The Balaban J connectivity index is 2.04. The summed E-state index contributed by atoms with van der Waals surface area (Å²) in [5.41, 5.74) is 0. The van der Waals surface area contributed by atoms with Crippen molar-refractivity contribution in [3.8, 4) is 5.75 Å². The molecule has 1 aliphatic rings. The number of ether oxygens (including phenoxy) is 1. The van der Waals surface area contributed by atoms with Crippen molar-refractivity contribution in [3.63, 3.8) is 0 Å². The molecule has 0 aromatic heterocycles. The Morgan fingerprint density at radius 1 is 1.16 bits per heavy atom. The van der Waals surface area contributed by atoms with Gasteiger partial charge in [0.15, 0.2) is 17.4 Å². The molecule has 5 heteroatoms. The summed E-state index contributed by atoms with van der Waals surface area (Å²) in [6.07, 6.45) is 1.58. The van der Waals surface area contributed by atoms with Crippen molar-refractivity contribution in [2.24, 2.45) is 5.92 Å². The highest BCUT2D eigenvalue weighted by molar-refractivity contribution is 5.27. The lowest BCUT2D eigenvalue weighted by Gasteiger charge is -2.32. The SMILES string of the molecule is CC(Oc1c(F)cc(F)cc1F)C1CCN(C)CC1. The van der Waals surface area contributed by atoms with Crippen LogP contribution in [0.1, 0.15) is 19.8 Å². The van der Waals surface area contributed by atoms with E-state index in [9.17, 15) is 13.2 Å². The predicted molar refractivity (Wildman–Crippen MR) is 66.6 cm³/mol. The highest BCUT2D eigenvalue weighted by Crippen LogP contribution is 2.28. The maximum Gasteiger partial charge on any atom is 0.191 e. The summed E-state index contributed by atoms with van der Waals surface area (Å²) in [6.45, 7) is 3.71. The molecule has 1 fully saturated rings. The monoisotopic (exact) mass is 273 g/mol. The van der Waals surface area contributed by atoms with Crippen LogP contribution in [-0.2, 0) is 0 Å². The average molecular weight is 273 g/mol. The van der Waals surface area contributed by atoms with Gasteiger partial charge in [0.1, 0.15) is 5.82 Å². The molecule has 0 amide bonds. The van der Waals surface area contributed by atoms with Crippen molar-refractivity contribution in [2.75, 3.05) is 20.1 Å². The smallest absolute Gasteiger partial charge is 0.191 e. The van der Waals surface area contributed by atoms with Crippen LogP contribution in [0.5, 0.6) is 5.75 Å². The summed E-state index contributed by atoms with van der Waals surface area (Å²) in [5, 5.41) is 0. The third kappa shape index (κ3) is 3.41. The van der Waals surface area contributed by atoms with Crippen LogP contribution in [-0.4, -0.2) is 31.1 Å². The summed E-state index contributed by atoms with van der Waals surface area (Å²) in [5.74, 6) is -3.13. The van der Waals surface area contributed by atoms with E-state index in [0.717, 1.165) is 25.9 Å². The van der Waals surface area contributed by atoms with Crippen LogP contribution in [0.15, 0.2) is 12.1 Å². The second kappa shape index (κ2) is 5.82. The van der Waals surface area contributed by atoms with Gasteiger partial charge in [0.05, 0.1) is 6.10 Å². The molecule has 0 aliphatic carbocycles. The normalized spacial score (nSPS) is 19.4. The summed E-state index contributed by atoms with van der Waals surface area (Å²) in [4.78, 5) is 2.21. The molecular weight excluding hydrogens is 255 g/mol. The highest BCUT2D eigenvalue weighted by atomic mass is 19.1. The van der Waals surface area contributed by atoms with E-state index in [1.165, 1.54) is 0 Å². The van der Waals surface area contributed by atoms with E-state index >= 15 is 0 Å². The molecular formula is C14H18F3NO. The van der Waals surface area contributed by atoms with Crippen molar-refractivity contribution in [2.45, 2.75) is 25.9 Å². The molecule has 19 heavy (non-hydrogen) atoms. The van der Waals surface area contributed by atoms with Gasteiger partial charge in [0.2, 0.25) is 0 Å². The number of likely N-dealkylation sites (tertiary alicyclic amines) is 1. The molecule has 0 radical (unpaired) electrons. The standard InChI is InChI=1S/C14H18F3NO/c1-9(10-3-5-18(2)6-4-10)19-14-12(16)7-11(15)8-13(14)17/h7-10H,3-6H2,1-2H3. The summed E-state index contributed by atoms with van der Waals surface area (Å²) < 4.78 is 45.1. The van der Waals surface area contributed by atoms with Gasteiger partial charge in [0.25, 0.3) is 0 Å². The number of rotatable bonds is 3. The second-order valence-electron chi connectivity index (χ2n) is 5.16. The molecule has 2 rings (SSSR count). The predicted octanol–water partition coefficient (Wildman–Crippen LogP) is 3.21. The summed E-state index contributed by atoms with van der Waals surface area (Å²) in [7, 11) is 2.04. The molecule has 0 spiro atoms. The van der Waals surface area contributed by atoms with Crippen LogP contribution in [0.2, 0.25) is 0 Å². The molecule has 1 unspecified atom stereocenters. The molecule has 0 saturated carbocycles. The lowest BCUT2D eigenvalue weighted by molar-refractivity contribution is 0.0905. The number of hydrogen-bond acceptors (Lipinski definition) is 2. The number of halogens is 3. The molecule has 1 heterocycles. The first-order valence-electron chi connectivity index (χ1n) is 6.47. The van der Waals surface area contributed by atoms with Gasteiger partial charge < -0.3 is 9.64 Å². The lowest BCUT2D eigenvalue weighted by atomic mass is 9.92. The van der Waals surface area contributed by atoms with Crippen molar-refractivity contribution in [3.05, 3.63) is 29.6 Å². The summed E-state index contributed by atoms with van der Waals surface area (Å²) in [6, 6.07) is 1.28. The molecule has 0 N–H and O–H groups in total. The van der Waals surface area contributed by atoms with Gasteiger partial charge in [-0.25, -0.2) is 13.2 Å². The lowest BCUT2D eigenvalue weighted by Crippen LogP contribution is -2.36. The van der Waals surface area contributed by atoms with Gasteiger partial charge in [-0.1, -0.05) is 0 Å². The van der Waals surface area contributed by atoms with Crippen molar-refractivity contribution in [1.29, 1.82) is 0 Å².